The van der Waals surface area contributed by atoms with Crippen molar-refractivity contribution in [2.75, 3.05) is 7.11 Å². The predicted molar refractivity (Wildman–Crippen MR) is 137 cm³/mol. The van der Waals surface area contributed by atoms with E-state index in [-0.39, 0.29) is 10.7 Å². The molecular formula is C29H27NO4S. The van der Waals surface area contributed by atoms with E-state index in [0.717, 1.165) is 5.56 Å². The first kappa shape index (κ1) is 24.4. The van der Waals surface area contributed by atoms with Crippen molar-refractivity contribution < 1.29 is 17.9 Å². The molecule has 1 N–H and O–H groups in total. The van der Waals surface area contributed by atoms with Crippen LogP contribution in [0.2, 0.25) is 0 Å². The molecule has 0 bridgehead atoms. The van der Waals surface area contributed by atoms with Crippen LogP contribution in [-0.2, 0) is 10.0 Å². The minimum absolute atomic E-state index is 0.139. The average Bonchev–Trinajstić information content (AvgIpc) is 2.89. The second kappa shape index (κ2) is 10.7. The summed E-state index contributed by atoms with van der Waals surface area (Å²) in [4.78, 5) is 14.0. The number of carbonyl (C=O) groups is 1. The third-order valence-electron chi connectivity index (χ3n) is 5.92. The highest BCUT2D eigenvalue weighted by atomic mass is 32.2. The summed E-state index contributed by atoms with van der Waals surface area (Å²) in [6, 6.07) is 31.1. The highest BCUT2D eigenvalue weighted by Gasteiger charge is 2.35. The molecule has 6 heteroatoms. The largest absolute Gasteiger partial charge is 0.497 e. The number of hydrogen-bond donors (Lipinski definition) is 1. The fraction of sp³-hybridized carbons (Fsp3) is 0.138. The van der Waals surface area contributed by atoms with Crippen molar-refractivity contribution in [3.05, 3.63) is 131 Å². The average molecular weight is 486 g/mol. The van der Waals surface area contributed by atoms with Gasteiger partial charge in [-0.1, -0.05) is 90.5 Å². The summed E-state index contributed by atoms with van der Waals surface area (Å²) in [6.45, 7) is 1.90. The summed E-state index contributed by atoms with van der Waals surface area (Å²) in [5, 5.41) is 0. The van der Waals surface area contributed by atoms with Crippen molar-refractivity contribution in [3.63, 3.8) is 0 Å². The van der Waals surface area contributed by atoms with Gasteiger partial charge in [0.25, 0.3) is 0 Å². The van der Waals surface area contributed by atoms with Gasteiger partial charge in [-0.3, -0.25) is 4.79 Å². The van der Waals surface area contributed by atoms with Gasteiger partial charge in [-0.05, 0) is 42.3 Å². The van der Waals surface area contributed by atoms with E-state index in [9.17, 15) is 13.2 Å². The van der Waals surface area contributed by atoms with Gasteiger partial charge in [0, 0.05) is 5.56 Å². The zero-order valence-corrected chi connectivity index (χ0v) is 20.4. The zero-order chi connectivity index (χ0) is 24.8. The molecule has 0 aromatic heterocycles. The van der Waals surface area contributed by atoms with Crippen LogP contribution >= 0.6 is 0 Å². The number of rotatable bonds is 9. The number of ether oxygens (including phenoxy) is 1. The lowest BCUT2D eigenvalue weighted by Crippen LogP contribution is -2.36. The number of benzene rings is 4. The minimum Gasteiger partial charge on any atom is -0.497 e. The Morgan fingerprint density at radius 3 is 1.89 bits per heavy atom. The second-order valence-corrected chi connectivity index (χ2v) is 10.0. The fourth-order valence-electron chi connectivity index (χ4n) is 4.03. The van der Waals surface area contributed by atoms with Crippen LogP contribution in [0.15, 0.2) is 114 Å². The van der Waals surface area contributed by atoms with Gasteiger partial charge < -0.3 is 4.74 Å². The third kappa shape index (κ3) is 5.67. The van der Waals surface area contributed by atoms with Crippen LogP contribution < -0.4 is 9.46 Å². The number of Topliss-reactive ketones (excluding diaryl/α,β-unsaturated/α-hetero) is 1. The molecule has 0 unspecified atom stereocenters. The molecule has 0 amide bonds. The molecule has 0 aliphatic heterocycles. The first-order chi connectivity index (χ1) is 16.9. The van der Waals surface area contributed by atoms with E-state index in [1.807, 2.05) is 43.3 Å². The maximum atomic E-state index is 13.9. The lowest BCUT2D eigenvalue weighted by Gasteiger charge is -2.28. The number of methoxy groups -OCH3 is 1. The molecule has 0 spiro atoms. The Kier molecular flexibility index (Phi) is 7.44. The minimum atomic E-state index is -3.94. The van der Waals surface area contributed by atoms with Crippen LogP contribution in [0.1, 0.15) is 39.0 Å². The van der Waals surface area contributed by atoms with Crippen LogP contribution in [0.4, 0.5) is 0 Å². The lowest BCUT2D eigenvalue weighted by atomic mass is 9.82. The van der Waals surface area contributed by atoms with Gasteiger partial charge in [-0.25, -0.2) is 13.1 Å². The van der Waals surface area contributed by atoms with Crippen molar-refractivity contribution in [1.29, 1.82) is 0 Å². The molecule has 0 aliphatic carbocycles. The van der Waals surface area contributed by atoms with Gasteiger partial charge in [0.1, 0.15) is 5.75 Å². The molecule has 0 saturated heterocycles. The maximum absolute atomic E-state index is 13.9. The highest BCUT2D eigenvalue weighted by molar-refractivity contribution is 7.89. The molecule has 0 fully saturated rings. The van der Waals surface area contributed by atoms with Gasteiger partial charge >= 0.3 is 0 Å². The van der Waals surface area contributed by atoms with Crippen LogP contribution in [-0.4, -0.2) is 21.3 Å². The van der Waals surface area contributed by atoms with Crippen molar-refractivity contribution in [3.8, 4) is 5.75 Å². The van der Waals surface area contributed by atoms with Crippen LogP contribution in [0.25, 0.3) is 0 Å². The SMILES string of the molecule is COc1ccc([C@@H](NS(=O)(=O)c2ccc(C)cc2)[C@@H](C(=O)c2ccccc2)c2ccccc2)cc1. The van der Waals surface area contributed by atoms with Crippen LogP contribution in [0, 0.1) is 6.92 Å². The molecule has 0 saturated carbocycles. The normalized spacial score (nSPS) is 13.1. The Morgan fingerprint density at radius 2 is 1.31 bits per heavy atom. The fourth-order valence-corrected chi connectivity index (χ4v) is 5.27. The zero-order valence-electron chi connectivity index (χ0n) is 19.6. The van der Waals surface area contributed by atoms with Crippen molar-refractivity contribution in [2.24, 2.45) is 0 Å². The smallest absolute Gasteiger partial charge is 0.241 e. The number of aryl methyl sites for hydroxylation is 1. The van der Waals surface area contributed by atoms with E-state index in [4.69, 9.17) is 4.74 Å². The van der Waals surface area contributed by atoms with E-state index >= 15 is 0 Å². The topological polar surface area (TPSA) is 72.5 Å². The Hall–Kier alpha value is -3.74. The Balaban J connectivity index is 1.86. The second-order valence-electron chi connectivity index (χ2n) is 8.30. The Labute approximate surface area is 206 Å². The number of nitrogens with one attached hydrogen (secondary N) is 1. The molecule has 0 aliphatic rings. The van der Waals surface area contributed by atoms with Crippen LogP contribution in [0.5, 0.6) is 5.75 Å². The summed E-state index contributed by atoms with van der Waals surface area (Å²) in [5.41, 5.74) is 2.83. The van der Waals surface area contributed by atoms with Gasteiger partial charge in [-0.2, -0.15) is 0 Å². The molecule has 178 valence electrons. The monoisotopic (exact) mass is 485 g/mol. The quantitative estimate of drug-likeness (QED) is 0.309. The van der Waals surface area contributed by atoms with Gasteiger partial charge in [0.05, 0.1) is 24.0 Å². The number of sulfonamides is 1. The molecule has 35 heavy (non-hydrogen) atoms. The molecule has 0 radical (unpaired) electrons. The number of carbonyl (C=O) groups excluding carboxylic acids is 1. The molecule has 4 aromatic rings. The Morgan fingerprint density at radius 1 is 0.743 bits per heavy atom. The molecule has 4 aromatic carbocycles. The lowest BCUT2D eigenvalue weighted by molar-refractivity contribution is 0.0944. The van der Waals surface area contributed by atoms with E-state index in [0.29, 0.717) is 22.4 Å². The third-order valence-corrected chi connectivity index (χ3v) is 7.38. The summed E-state index contributed by atoms with van der Waals surface area (Å²) >= 11 is 0. The molecular weight excluding hydrogens is 458 g/mol. The summed E-state index contributed by atoms with van der Waals surface area (Å²) in [7, 11) is -2.37. The maximum Gasteiger partial charge on any atom is 0.241 e. The van der Waals surface area contributed by atoms with E-state index in [1.54, 1.807) is 79.9 Å². The van der Waals surface area contributed by atoms with Gasteiger partial charge in [-0.15, -0.1) is 0 Å². The van der Waals surface area contributed by atoms with Crippen molar-refractivity contribution in [1.82, 2.24) is 4.72 Å². The Bertz CT molecular complexity index is 1370. The van der Waals surface area contributed by atoms with Crippen LogP contribution in [0.3, 0.4) is 0 Å². The highest BCUT2D eigenvalue weighted by Crippen LogP contribution is 2.36. The molecule has 4 rings (SSSR count). The first-order valence-corrected chi connectivity index (χ1v) is 12.7. The summed E-state index contributed by atoms with van der Waals surface area (Å²) in [5.74, 6) is -0.337. The first-order valence-electron chi connectivity index (χ1n) is 11.3. The van der Waals surface area contributed by atoms with Crippen molar-refractivity contribution in [2.45, 2.75) is 23.8 Å². The predicted octanol–water partition coefficient (Wildman–Crippen LogP) is 5.69. The molecule has 0 heterocycles. The van der Waals surface area contributed by atoms with E-state index in [1.165, 1.54) is 0 Å². The number of hydrogen-bond acceptors (Lipinski definition) is 4. The van der Waals surface area contributed by atoms with Gasteiger partial charge in [0.15, 0.2) is 5.78 Å². The van der Waals surface area contributed by atoms with Crippen molar-refractivity contribution >= 4 is 15.8 Å². The standard InChI is InChI=1S/C29H27NO4S/c1-21-13-19-26(20-14-21)35(32,33)30-28(23-15-17-25(34-2)18-16-23)27(22-9-5-3-6-10-22)29(31)24-11-7-4-8-12-24/h3-20,27-28,30H,1-2H3/t27-,28+/m0/s1. The van der Waals surface area contributed by atoms with E-state index in [2.05, 4.69) is 4.72 Å². The van der Waals surface area contributed by atoms with E-state index < -0.39 is 22.0 Å². The molecule has 5 nitrogen and oxygen atoms in total. The summed E-state index contributed by atoms with van der Waals surface area (Å²) < 4.78 is 35.1. The summed E-state index contributed by atoms with van der Waals surface area (Å²) in [6.07, 6.45) is 0. The number of ketones is 1. The van der Waals surface area contributed by atoms with Gasteiger partial charge in [0.2, 0.25) is 10.0 Å². The molecule has 2 atom stereocenters.